The zero-order valence-electron chi connectivity index (χ0n) is 13.3. The zero-order valence-corrected chi connectivity index (χ0v) is 14.2. The smallest absolute Gasteiger partial charge is 0.300 e. The molecule has 0 aromatic carbocycles. The molecule has 21 heavy (non-hydrogen) atoms. The van der Waals surface area contributed by atoms with Crippen LogP contribution in [0.2, 0.25) is 0 Å². The van der Waals surface area contributed by atoms with Crippen LogP contribution in [0.5, 0.6) is 0 Å². The SMILES string of the molecule is Cc1cn(CCCCCCCCCCS)c(=O)n(C)c1=O. The first kappa shape index (κ1) is 18.1. The highest BCUT2D eigenvalue weighted by atomic mass is 32.1. The minimum absolute atomic E-state index is 0.197. The molecule has 5 heteroatoms. The van der Waals surface area contributed by atoms with Gasteiger partial charge in [-0.25, -0.2) is 4.79 Å². The second-order valence-corrected chi connectivity index (χ2v) is 6.15. The van der Waals surface area contributed by atoms with Gasteiger partial charge in [-0.05, 0) is 25.5 Å². The molecule has 120 valence electrons. The molecule has 0 unspecified atom stereocenters. The summed E-state index contributed by atoms with van der Waals surface area (Å²) in [7, 11) is 1.54. The number of hydrogen-bond acceptors (Lipinski definition) is 3. The lowest BCUT2D eigenvalue weighted by Crippen LogP contribution is -2.38. The fourth-order valence-electron chi connectivity index (χ4n) is 2.50. The maximum Gasteiger partial charge on any atom is 0.330 e. The van der Waals surface area contributed by atoms with Gasteiger partial charge >= 0.3 is 5.69 Å². The summed E-state index contributed by atoms with van der Waals surface area (Å²) in [6, 6.07) is 0. The lowest BCUT2D eigenvalue weighted by Gasteiger charge is -2.08. The van der Waals surface area contributed by atoms with Crippen molar-refractivity contribution in [1.82, 2.24) is 9.13 Å². The molecule has 0 N–H and O–H groups in total. The second kappa shape index (κ2) is 9.87. The van der Waals surface area contributed by atoms with Crippen LogP contribution in [0, 0.1) is 6.92 Å². The number of aromatic nitrogens is 2. The van der Waals surface area contributed by atoms with Crippen LogP contribution in [0.4, 0.5) is 0 Å². The van der Waals surface area contributed by atoms with Crippen molar-refractivity contribution in [2.24, 2.45) is 7.05 Å². The van der Waals surface area contributed by atoms with E-state index in [2.05, 4.69) is 12.6 Å². The first-order valence-electron chi connectivity index (χ1n) is 7.96. The molecule has 0 aliphatic carbocycles. The van der Waals surface area contributed by atoms with Crippen LogP contribution in [-0.2, 0) is 13.6 Å². The van der Waals surface area contributed by atoms with Gasteiger partial charge in [0.1, 0.15) is 0 Å². The van der Waals surface area contributed by atoms with Crippen LogP contribution in [0.15, 0.2) is 15.8 Å². The fourth-order valence-corrected chi connectivity index (χ4v) is 2.73. The summed E-state index contributed by atoms with van der Waals surface area (Å²) in [5, 5.41) is 0. The molecular weight excluding hydrogens is 284 g/mol. The van der Waals surface area contributed by atoms with Crippen molar-refractivity contribution in [1.29, 1.82) is 0 Å². The van der Waals surface area contributed by atoms with E-state index in [9.17, 15) is 9.59 Å². The average molecular weight is 312 g/mol. The molecule has 1 rings (SSSR count). The predicted molar refractivity (Wildman–Crippen MR) is 91.5 cm³/mol. The Balaban J connectivity index is 2.25. The number of unbranched alkanes of at least 4 members (excludes halogenated alkanes) is 7. The third-order valence-electron chi connectivity index (χ3n) is 3.83. The zero-order chi connectivity index (χ0) is 15.7. The van der Waals surface area contributed by atoms with Gasteiger partial charge in [0, 0.05) is 25.4 Å². The molecule has 0 aliphatic heterocycles. The molecule has 0 atom stereocenters. The van der Waals surface area contributed by atoms with Crippen molar-refractivity contribution >= 4 is 12.6 Å². The maximum absolute atomic E-state index is 11.9. The summed E-state index contributed by atoms with van der Waals surface area (Å²) in [4.78, 5) is 23.5. The number of thiol groups is 1. The van der Waals surface area contributed by atoms with Crippen LogP contribution in [-0.4, -0.2) is 14.9 Å². The van der Waals surface area contributed by atoms with Gasteiger partial charge in [-0.15, -0.1) is 0 Å². The molecule has 0 aliphatic rings. The maximum atomic E-state index is 11.9. The van der Waals surface area contributed by atoms with Crippen LogP contribution < -0.4 is 11.2 Å². The monoisotopic (exact) mass is 312 g/mol. The highest BCUT2D eigenvalue weighted by Gasteiger charge is 2.04. The summed E-state index contributed by atoms with van der Waals surface area (Å²) in [6.07, 6.45) is 11.4. The molecule has 1 aromatic heterocycles. The molecule has 0 radical (unpaired) electrons. The van der Waals surface area contributed by atoms with Gasteiger partial charge in [-0.3, -0.25) is 9.36 Å². The average Bonchev–Trinajstić information content (AvgIpc) is 2.48. The molecule has 1 heterocycles. The van der Waals surface area contributed by atoms with Crippen molar-refractivity contribution in [3.63, 3.8) is 0 Å². The minimum Gasteiger partial charge on any atom is -0.300 e. The molecule has 0 fully saturated rings. The molecule has 0 saturated carbocycles. The summed E-state index contributed by atoms with van der Waals surface area (Å²) < 4.78 is 2.85. The largest absolute Gasteiger partial charge is 0.330 e. The summed E-state index contributed by atoms with van der Waals surface area (Å²) >= 11 is 4.21. The Labute approximate surface area is 132 Å². The standard InChI is InChI=1S/C16H28N2O2S/c1-14-13-18(16(20)17(2)15(14)19)11-9-7-5-3-4-6-8-10-12-21/h13,21H,3-12H2,1-2H3. The van der Waals surface area contributed by atoms with Gasteiger partial charge in [-0.2, -0.15) is 12.6 Å². The topological polar surface area (TPSA) is 44.0 Å². The minimum atomic E-state index is -0.211. The quantitative estimate of drug-likeness (QED) is 0.533. The van der Waals surface area contributed by atoms with Gasteiger partial charge < -0.3 is 4.57 Å². The van der Waals surface area contributed by atoms with Crippen molar-refractivity contribution in [3.8, 4) is 0 Å². The third-order valence-corrected chi connectivity index (χ3v) is 4.15. The lowest BCUT2D eigenvalue weighted by atomic mass is 10.1. The predicted octanol–water partition coefficient (Wildman–Crippen LogP) is 2.91. The highest BCUT2D eigenvalue weighted by molar-refractivity contribution is 7.80. The van der Waals surface area contributed by atoms with E-state index in [-0.39, 0.29) is 11.2 Å². The number of hydrogen-bond donors (Lipinski definition) is 1. The highest BCUT2D eigenvalue weighted by Crippen LogP contribution is 2.09. The van der Waals surface area contributed by atoms with E-state index in [1.807, 2.05) is 0 Å². The van der Waals surface area contributed by atoms with Gasteiger partial charge in [0.05, 0.1) is 0 Å². The summed E-state index contributed by atoms with van der Waals surface area (Å²) in [6.45, 7) is 2.45. The molecule has 1 aromatic rings. The first-order chi connectivity index (χ1) is 10.1. The Kier molecular flexibility index (Phi) is 8.50. The number of aryl methyl sites for hydroxylation is 2. The Morgan fingerprint density at radius 2 is 1.48 bits per heavy atom. The Hall–Kier alpha value is -0.970. The summed E-state index contributed by atoms with van der Waals surface area (Å²) in [5.41, 5.74) is 0.219. The molecule has 0 bridgehead atoms. The normalized spacial score (nSPS) is 11.0. The molecule has 0 spiro atoms. The van der Waals surface area contributed by atoms with Crippen LogP contribution >= 0.6 is 12.6 Å². The van der Waals surface area contributed by atoms with Gasteiger partial charge in [0.25, 0.3) is 5.56 Å². The van der Waals surface area contributed by atoms with Crippen molar-refractivity contribution in [2.75, 3.05) is 5.75 Å². The van der Waals surface area contributed by atoms with E-state index < -0.39 is 0 Å². The first-order valence-corrected chi connectivity index (χ1v) is 8.59. The van der Waals surface area contributed by atoms with E-state index in [4.69, 9.17) is 0 Å². The van der Waals surface area contributed by atoms with E-state index >= 15 is 0 Å². The number of nitrogens with zero attached hydrogens (tertiary/aromatic N) is 2. The lowest BCUT2D eigenvalue weighted by molar-refractivity contribution is 0.519. The fraction of sp³-hybridized carbons (Fsp3) is 0.750. The van der Waals surface area contributed by atoms with Crippen LogP contribution in [0.25, 0.3) is 0 Å². The van der Waals surface area contributed by atoms with Crippen LogP contribution in [0.3, 0.4) is 0 Å². The van der Waals surface area contributed by atoms with Gasteiger partial charge in [0.15, 0.2) is 0 Å². The molecular formula is C16H28N2O2S. The van der Waals surface area contributed by atoms with E-state index in [1.165, 1.54) is 43.1 Å². The van der Waals surface area contributed by atoms with E-state index in [1.54, 1.807) is 24.7 Å². The van der Waals surface area contributed by atoms with E-state index in [0.29, 0.717) is 12.1 Å². The van der Waals surface area contributed by atoms with Crippen LogP contribution in [0.1, 0.15) is 56.9 Å². The Morgan fingerprint density at radius 1 is 0.952 bits per heavy atom. The molecule has 4 nitrogen and oxygen atoms in total. The summed E-state index contributed by atoms with van der Waals surface area (Å²) in [5.74, 6) is 0.994. The van der Waals surface area contributed by atoms with Crippen molar-refractivity contribution in [3.05, 3.63) is 32.6 Å². The third kappa shape index (κ3) is 6.12. The van der Waals surface area contributed by atoms with Crippen molar-refractivity contribution in [2.45, 2.75) is 64.8 Å². The number of rotatable bonds is 10. The Morgan fingerprint density at radius 3 is 2.05 bits per heavy atom. The van der Waals surface area contributed by atoms with Crippen molar-refractivity contribution < 1.29 is 0 Å². The molecule has 0 saturated heterocycles. The second-order valence-electron chi connectivity index (χ2n) is 5.70. The molecule has 0 amide bonds. The van der Waals surface area contributed by atoms with Gasteiger partial charge in [0.2, 0.25) is 0 Å². The van der Waals surface area contributed by atoms with Gasteiger partial charge in [-0.1, -0.05) is 38.5 Å². The Bertz CT molecular complexity index is 534. The van der Waals surface area contributed by atoms with E-state index in [0.717, 1.165) is 18.6 Å².